The first-order chi connectivity index (χ1) is 8.71. The predicted octanol–water partition coefficient (Wildman–Crippen LogP) is 2.10. The minimum absolute atomic E-state index is 0.856. The van der Waals surface area contributed by atoms with Crippen molar-refractivity contribution in [3.8, 4) is 0 Å². The van der Waals surface area contributed by atoms with Crippen molar-refractivity contribution >= 4 is 0 Å². The molecule has 0 aliphatic carbocycles. The maximum Gasteiger partial charge on any atom is 0.0185 e. The molecule has 4 nitrogen and oxygen atoms in total. The fourth-order valence-corrected chi connectivity index (χ4v) is 2.38. The first kappa shape index (κ1) is 17.8. The van der Waals surface area contributed by atoms with Gasteiger partial charge in [0, 0.05) is 26.2 Å². The van der Waals surface area contributed by atoms with E-state index in [-0.39, 0.29) is 0 Å². The third-order valence-corrected chi connectivity index (χ3v) is 2.92. The van der Waals surface area contributed by atoms with Crippen LogP contribution in [0, 0.1) is 5.92 Å². The molecule has 1 aliphatic heterocycles. The molecular weight excluding hydrogens is 224 g/mol. The highest BCUT2D eigenvalue weighted by molar-refractivity contribution is 4.71. The second-order valence-corrected chi connectivity index (χ2v) is 5.15. The molecule has 0 bridgehead atoms. The van der Waals surface area contributed by atoms with Crippen molar-refractivity contribution in [3.63, 3.8) is 0 Å². The van der Waals surface area contributed by atoms with E-state index in [0.717, 1.165) is 5.92 Å². The van der Waals surface area contributed by atoms with Crippen LogP contribution in [-0.2, 0) is 0 Å². The summed E-state index contributed by atoms with van der Waals surface area (Å²) in [6.07, 6.45) is 5.13. The van der Waals surface area contributed by atoms with E-state index < -0.39 is 0 Å². The van der Waals surface area contributed by atoms with Gasteiger partial charge in [-0.05, 0) is 39.3 Å². The normalized spacial score (nSPS) is 18.5. The summed E-state index contributed by atoms with van der Waals surface area (Å²) in [5.41, 5.74) is 3.51. The average molecular weight is 258 g/mol. The number of nitrogens with zero attached hydrogens (tertiary/aromatic N) is 2. The summed E-state index contributed by atoms with van der Waals surface area (Å²) in [6.45, 7) is 11.6. The lowest BCUT2D eigenvalue weighted by molar-refractivity contribution is -0.0450. The molecule has 0 radical (unpaired) electrons. The van der Waals surface area contributed by atoms with Gasteiger partial charge in [0.15, 0.2) is 0 Å². The molecule has 0 unspecified atom stereocenters. The lowest BCUT2D eigenvalue weighted by atomic mass is 10.0. The standard InChI is InChI=1S/C12H27N3.C2H7N/c1-4-7-12-10-14(8-5-2)13-15(11-12)9-6-3;1-3-2/h12-13H,4-11H2,1-3H3;3H,1-2H3. The number of nitrogens with one attached hydrogen (secondary N) is 2. The summed E-state index contributed by atoms with van der Waals surface area (Å²) in [5.74, 6) is 0.856. The Balaban J connectivity index is 0.000000873. The summed E-state index contributed by atoms with van der Waals surface area (Å²) in [4.78, 5) is 0. The summed E-state index contributed by atoms with van der Waals surface area (Å²) in [5, 5.41) is 7.53. The Morgan fingerprint density at radius 2 is 1.39 bits per heavy atom. The molecular formula is C14H34N4. The van der Waals surface area contributed by atoms with Gasteiger partial charge in [0.2, 0.25) is 0 Å². The third kappa shape index (κ3) is 8.03. The van der Waals surface area contributed by atoms with Gasteiger partial charge in [0.05, 0.1) is 0 Å². The Labute approximate surface area is 114 Å². The number of rotatable bonds is 6. The maximum absolute atomic E-state index is 3.51. The first-order valence-corrected chi connectivity index (χ1v) is 7.56. The lowest BCUT2D eigenvalue weighted by Gasteiger charge is -2.40. The van der Waals surface area contributed by atoms with Gasteiger partial charge < -0.3 is 5.32 Å². The maximum atomic E-state index is 3.51. The topological polar surface area (TPSA) is 30.5 Å². The molecule has 1 fully saturated rings. The molecule has 1 aliphatic rings. The van der Waals surface area contributed by atoms with E-state index in [1.54, 1.807) is 0 Å². The number of hydrogen-bond donors (Lipinski definition) is 2. The Hall–Kier alpha value is -0.160. The quantitative estimate of drug-likeness (QED) is 0.764. The van der Waals surface area contributed by atoms with E-state index >= 15 is 0 Å². The van der Waals surface area contributed by atoms with E-state index in [1.165, 1.54) is 51.9 Å². The van der Waals surface area contributed by atoms with Gasteiger partial charge in [-0.3, -0.25) is 0 Å². The Bertz CT molecular complexity index is 141. The van der Waals surface area contributed by atoms with Crippen molar-refractivity contribution in [1.82, 2.24) is 20.9 Å². The minimum atomic E-state index is 0.856. The van der Waals surface area contributed by atoms with Crippen LogP contribution in [0.3, 0.4) is 0 Å². The van der Waals surface area contributed by atoms with Crippen LogP contribution < -0.4 is 10.9 Å². The van der Waals surface area contributed by atoms with Crippen LogP contribution in [0.2, 0.25) is 0 Å². The van der Waals surface area contributed by atoms with Crippen LogP contribution in [0.4, 0.5) is 0 Å². The molecule has 0 spiro atoms. The van der Waals surface area contributed by atoms with Crippen LogP contribution in [0.15, 0.2) is 0 Å². The minimum Gasteiger partial charge on any atom is -0.323 e. The van der Waals surface area contributed by atoms with Gasteiger partial charge in [0.1, 0.15) is 0 Å². The molecule has 4 heteroatoms. The molecule has 1 saturated heterocycles. The van der Waals surface area contributed by atoms with Crippen LogP contribution in [0.25, 0.3) is 0 Å². The van der Waals surface area contributed by atoms with Crippen molar-refractivity contribution in [1.29, 1.82) is 0 Å². The SMILES string of the molecule is CCCC1CN(CCC)NN(CCC)C1.CNC. The fraction of sp³-hybridized carbons (Fsp3) is 1.00. The molecule has 110 valence electrons. The van der Waals surface area contributed by atoms with Crippen LogP contribution in [0.5, 0.6) is 0 Å². The molecule has 0 aromatic heterocycles. The summed E-state index contributed by atoms with van der Waals surface area (Å²) >= 11 is 0. The first-order valence-electron chi connectivity index (χ1n) is 7.56. The van der Waals surface area contributed by atoms with Gasteiger partial charge in [0.25, 0.3) is 0 Å². The van der Waals surface area contributed by atoms with Crippen LogP contribution in [0.1, 0.15) is 46.5 Å². The lowest BCUT2D eigenvalue weighted by Crippen LogP contribution is -2.58. The highest BCUT2D eigenvalue weighted by Gasteiger charge is 2.23. The highest BCUT2D eigenvalue weighted by atomic mass is 15.8. The summed E-state index contributed by atoms with van der Waals surface area (Å²) in [7, 11) is 3.75. The fourth-order valence-electron chi connectivity index (χ4n) is 2.38. The van der Waals surface area contributed by atoms with Crippen molar-refractivity contribution < 1.29 is 0 Å². The molecule has 0 aromatic carbocycles. The van der Waals surface area contributed by atoms with E-state index in [2.05, 4.69) is 41.6 Å². The van der Waals surface area contributed by atoms with Crippen molar-refractivity contribution in [2.75, 3.05) is 40.3 Å². The highest BCUT2D eigenvalue weighted by Crippen LogP contribution is 2.14. The van der Waals surface area contributed by atoms with E-state index in [4.69, 9.17) is 0 Å². The predicted molar refractivity (Wildman–Crippen MR) is 80.2 cm³/mol. The summed E-state index contributed by atoms with van der Waals surface area (Å²) in [6, 6.07) is 0. The molecule has 0 saturated carbocycles. The Kier molecular flexibility index (Phi) is 11.8. The third-order valence-electron chi connectivity index (χ3n) is 2.92. The Morgan fingerprint density at radius 3 is 1.72 bits per heavy atom. The van der Waals surface area contributed by atoms with Gasteiger partial charge >= 0.3 is 0 Å². The van der Waals surface area contributed by atoms with Crippen LogP contribution >= 0.6 is 0 Å². The van der Waals surface area contributed by atoms with E-state index in [1.807, 2.05) is 14.1 Å². The van der Waals surface area contributed by atoms with Crippen molar-refractivity contribution in [3.05, 3.63) is 0 Å². The van der Waals surface area contributed by atoms with E-state index in [9.17, 15) is 0 Å². The average Bonchev–Trinajstić information content (AvgIpc) is 2.31. The van der Waals surface area contributed by atoms with Gasteiger partial charge in [-0.15, -0.1) is 0 Å². The molecule has 0 amide bonds. The van der Waals surface area contributed by atoms with Gasteiger partial charge in [-0.1, -0.05) is 27.2 Å². The molecule has 1 rings (SSSR count). The summed E-state index contributed by atoms with van der Waals surface area (Å²) < 4.78 is 0. The van der Waals surface area contributed by atoms with Crippen molar-refractivity contribution in [2.45, 2.75) is 46.5 Å². The molecule has 1 heterocycles. The smallest absolute Gasteiger partial charge is 0.0185 e. The second kappa shape index (κ2) is 11.9. The Morgan fingerprint density at radius 1 is 0.944 bits per heavy atom. The molecule has 0 aromatic rings. The van der Waals surface area contributed by atoms with Crippen LogP contribution in [-0.4, -0.2) is 50.3 Å². The molecule has 0 atom stereocenters. The zero-order valence-corrected chi connectivity index (χ0v) is 13.1. The zero-order valence-electron chi connectivity index (χ0n) is 13.1. The van der Waals surface area contributed by atoms with Crippen molar-refractivity contribution in [2.24, 2.45) is 5.92 Å². The number of hydrazine groups is 2. The molecule has 18 heavy (non-hydrogen) atoms. The second-order valence-electron chi connectivity index (χ2n) is 5.15. The number of hydrogen-bond acceptors (Lipinski definition) is 4. The zero-order chi connectivity index (χ0) is 13.8. The monoisotopic (exact) mass is 258 g/mol. The van der Waals surface area contributed by atoms with Gasteiger partial charge in [-0.2, -0.15) is 5.53 Å². The van der Waals surface area contributed by atoms with E-state index in [0.29, 0.717) is 0 Å². The van der Waals surface area contributed by atoms with Gasteiger partial charge in [-0.25, -0.2) is 10.0 Å². The molecule has 2 N–H and O–H groups in total. The largest absolute Gasteiger partial charge is 0.323 e.